The third kappa shape index (κ3) is 5.59. The van der Waals surface area contributed by atoms with Crippen LogP contribution in [0.25, 0.3) is 6.08 Å². The summed E-state index contributed by atoms with van der Waals surface area (Å²) < 4.78 is 5.11. The van der Waals surface area contributed by atoms with Crippen molar-refractivity contribution < 1.29 is 14.3 Å². The summed E-state index contributed by atoms with van der Waals surface area (Å²) in [6, 6.07) is 16.8. The molecule has 0 saturated heterocycles. The Labute approximate surface area is 145 Å². The molecule has 0 aliphatic carbocycles. The van der Waals surface area contributed by atoms with Crippen LogP contribution in [-0.2, 0) is 14.3 Å². The number of hydrogen-bond acceptors (Lipinski definition) is 4. The number of thioether (sulfide) groups is 1. The van der Waals surface area contributed by atoms with E-state index in [1.807, 2.05) is 48.7 Å². The van der Waals surface area contributed by atoms with Crippen molar-refractivity contribution in [2.75, 3.05) is 11.6 Å². The fourth-order valence-corrected chi connectivity index (χ4v) is 2.32. The second-order valence-electron chi connectivity index (χ2n) is 5.04. The summed E-state index contributed by atoms with van der Waals surface area (Å²) in [6.07, 6.45) is 4.11. The summed E-state index contributed by atoms with van der Waals surface area (Å²) in [6.45, 7) is 1.54. The Hall–Kier alpha value is -2.53. The predicted molar refractivity (Wildman–Crippen MR) is 97.9 cm³/mol. The summed E-state index contributed by atoms with van der Waals surface area (Å²) in [7, 11) is 0. The number of anilines is 1. The van der Waals surface area contributed by atoms with Gasteiger partial charge in [-0.25, -0.2) is 4.79 Å². The maximum absolute atomic E-state index is 12.0. The van der Waals surface area contributed by atoms with Crippen molar-refractivity contribution in [3.8, 4) is 0 Å². The highest BCUT2D eigenvalue weighted by molar-refractivity contribution is 7.98. The molecule has 2 aromatic rings. The number of ether oxygens (including phenoxy) is 1. The molecule has 0 fully saturated rings. The standard InChI is InChI=1S/C19H19NO3S/c1-14(19(22)20-16-6-4-3-5-7-16)23-18(21)13-10-15-8-11-17(24-2)12-9-15/h3-14H,1-2H3,(H,20,22)/b13-10+/t14-/m0/s1. The molecular weight excluding hydrogens is 322 g/mol. The van der Waals surface area contributed by atoms with Crippen LogP contribution in [-0.4, -0.2) is 24.2 Å². The molecule has 1 amide bonds. The van der Waals surface area contributed by atoms with Crippen LogP contribution in [0.1, 0.15) is 12.5 Å². The van der Waals surface area contributed by atoms with Gasteiger partial charge in [0.15, 0.2) is 6.10 Å². The number of carbonyl (C=O) groups is 2. The largest absolute Gasteiger partial charge is 0.449 e. The fourth-order valence-electron chi connectivity index (χ4n) is 1.91. The molecule has 1 N–H and O–H groups in total. The van der Waals surface area contributed by atoms with Gasteiger partial charge >= 0.3 is 5.97 Å². The third-order valence-electron chi connectivity index (χ3n) is 3.23. The number of nitrogens with one attached hydrogen (secondary N) is 1. The van der Waals surface area contributed by atoms with Crippen LogP contribution in [0.2, 0.25) is 0 Å². The molecule has 0 radical (unpaired) electrons. The molecule has 0 heterocycles. The molecule has 0 saturated carbocycles. The molecule has 0 aromatic heterocycles. The van der Waals surface area contributed by atoms with Crippen LogP contribution >= 0.6 is 11.8 Å². The molecule has 0 bridgehead atoms. The Bertz CT molecular complexity index is 711. The van der Waals surface area contributed by atoms with E-state index in [1.165, 1.54) is 13.0 Å². The molecule has 0 unspecified atom stereocenters. The molecule has 4 nitrogen and oxygen atoms in total. The Morgan fingerprint density at radius 1 is 1.08 bits per heavy atom. The average molecular weight is 341 g/mol. The minimum Gasteiger partial charge on any atom is -0.449 e. The number of rotatable bonds is 6. The van der Waals surface area contributed by atoms with E-state index >= 15 is 0 Å². The molecule has 124 valence electrons. The van der Waals surface area contributed by atoms with Crippen molar-refractivity contribution in [2.45, 2.75) is 17.9 Å². The first-order valence-electron chi connectivity index (χ1n) is 7.47. The van der Waals surface area contributed by atoms with E-state index in [9.17, 15) is 9.59 Å². The lowest BCUT2D eigenvalue weighted by atomic mass is 10.2. The van der Waals surface area contributed by atoms with Crippen LogP contribution in [0.4, 0.5) is 5.69 Å². The lowest BCUT2D eigenvalue weighted by Gasteiger charge is -2.12. The first-order chi connectivity index (χ1) is 11.6. The molecule has 0 spiro atoms. The van der Waals surface area contributed by atoms with Gasteiger partial charge in [0.05, 0.1) is 0 Å². The first-order valence-corrected chi connectivity index (χ1v) is 8.69. The summed E-state index contributed by atoms with van der Waals surface area (Å²) in [5.41, 5.74) is 1.56. The van der Waals surface area contributed by atoms with Gasteiger partial charge in [0, 0.05) is 16.7 Å². The van der Waals surface area contributed by atoms with E-state index < -0.39 is 12.1 Å². The van der Waals surface area contributed by atoms with Crippen LogP contribution in [0, 0.1) is 0 Å². The predicted octanol–water partition coefficient (Wildman–Crippen LogP) is 3.99. The zero-order valence-corrected chi connectivity index (χ0v) is 14.4. The number of hydrogen-bond donors (Lipinski definition) is 1. The minimum atomic E-state index is -0.874. The number of benzene rings is 2. The fraction of sp³-hybridized carbons (Fsp3) is 0.158. The average Bonchev–Trinajstić information content (AvgIpc) is 2.61. The lowest BCUT2D eigenvalue weighted by molar-refractivity contribution is -0.148. The zero-order chi connectivity index (χ0) is 17.4. The summed E-state index contributed by atoms with van der Waals surface area (Å²) in [5, 5.41) is 2.69. The molecule has 0 aliphatic rings. The van der Waals surface area contributed by atoms with Gasteiger partial charge in [-0.15, -0.1) is 11.8 Å². The maximum atomic E-state index is 12.0. The van der Waals surface area contributed by atoms with Gasteiger partial charge in [-0.2, -0.15) is 0 Å². The highest BCUT2D eigenvalue weighted by atomic mass is 32.2. The van der Waals surface area contributed by atoms with Crippen LogP contribution in [0.15, 0.2) is 65.6 Å². The van der Waals surface area contributed by atoms with Gasteiger partial charge in [-0.05, 0) is 49.1 Å². The van der Waals surface area contributed by atoms with Crippen LogP contribution < -0.4 is 5.32 Å². The van der Waals surface area contributed by atoms with Gasteiger partial charge in [-0.3, -0.25) is 4.79 Å². The molecule has 1 atom stereocenters. The van der Waals surface area contributed by atoms with E-state index in [0.717, 1.165) is 10.5 Å². The molecule has 0 aliphatic heterocycles. The van der Waals surface area contributed by atoms with Crippen molar-refractivity contribution in [1.82, 2.24) is 0 Å². The summed E-state index contributed by atoms with van der Waals surface area (Å²) in [4.78, 5) is 24.9. The van der Waals surface area contributed by atoms with Gasteiger partial charge < -0.3 is 10.1 Å². The van der Waals surface area contributed by atoms with Crippen molar-refractivity contribution >= 4 is 35.4 Å². The first kappa shape index (κ1) is 17.8. The number of carbonyl (C=O) groups excluding carboxylic acids is 2. The number of para-hydroxylation sites is 1. The van der Waals surface area contributed by atoms with Gasteiger partial charge in [0.2, 0.25) is 0 Å². The van der Waals surface area contributed by atoms with E-state index in [0.29, 0.717) is 5.69 Å². The van der Waals surface area contributed by atoms with Crippen LogP contribution in [0.5, 0.6) is 0 Å². The Kier molecular flexibility index (Phi) is 6.63. The van der Waals surface area contributed by atoms with Crippen molar-refractivity contribution in [1.29, 1.82) is 0 Å². The monoisotopic (exact) mass is 341 g/mol. The third-order valence-corrected chi connectivity index (χ3v) is 3.97. The molecular formula is C19H19NO3S. The normalized spacial score (nSPS) is 11.9. The van der Waals surface area contributed by atoms with E-state index in [-0.39, 0.29) is 5.91 Å². The molecule has 24 heavy (non-hydrogen) atoms. The van der Waals surface area contributed by atoms with Crippen molar-refractivity contribution in [2.24, 2.45) is 0 Å². The molecule has 2 rings (SSSR count). The molecule has 5 heteroatoms. The zero-order valence-electron chi connectivity index (χ0n) is 13.6. The Morgan fingerprint density at radius 3 is 2.38 bits per heavy atom. The smallest absolute Gasteiger partial charge is 0.331 e. The number of amides is 1. The molecule has 2 aromatic carbocycles. The maximum Gasteiger partial charge on any atom is 0.331 e. The van der Waals surface area contributed by atoms with Gasteiger partial charge in [-0.1, -0.05) is 30.3 Å². The Morgan fingerprint density at radius 2 is 1.75 bits per heavy atom. The minimum absolute atomic E-state index is 0.368. The second-order valence-corrected chi connectivity index (χ2v) is 5.92. The second kappa shape index (κ2) is 8.93. The topological polar surface area (TPSA) is 55.4 Å². The highest BCUT2D eigenvalue weighted by Crippen LogP contribution is 2.15. The summed E-state index contributed by atoms with van der Waals surface area (Å²) in [5.74, 6) is -0.924. The lowest BCUT2D eigenvalue weighted by Crippen LogP contribution is -2.29. The van der Waals surface area contributed by atoms with E-state index in [2.05, 4.69) is 5.32 Å². The Balaban J connectivity index is 1.86. The van der Waals surface area contributed by atoms with Crippen LogP contribution in [0.3, 0.4) is 0 Å². The van der Waals surface area contributed by atoms with Gasteiger partial charge in [0.1, 0.15) is 0 Å². The van der Waals surface area contributed by atoms with Crippen molar-refractivity contribution in [3.05, 3.63) is 66.2 Å². The highest BCUT2D eigenvalue weighted by Gasteiger charge is 2.16. The quantitative estimate of drug-likeness (QED) is 0.490. The van der Waals surface area contributed by atoms with E-state index in [1.54, 1.807) is 30.0 Å². The van der Waals surface area contributed by atoms with E-state index in [4.69, 9.17) is 4.74 Å². The number of esters is 1. The van der Waals surface area contributed by atoms with Gasteiger partial charge in [0.25, 0.3) is 5.91 Å². The summed E-state index contributed by atoms with van der Waals surface area (Å²) >= 11 is 1.65. The van der Waals surface area contributed by atoms with Crippen molar-refractivity contribution in [3.63, 3.8) is 0 Å². The SMILES string of the molecule is CSc1ccc(/C=C/C(=O)O[C@@H](C)C(=O)Nc2ccccc2)cc1.